The number of amides is 2. The summed E-state index contributed by atoms with van der Waals surface area (Å²) in [6.45, 7) is 3.31. The fraction of sp³-hybridized carbons (Fsp3) is 0.400. The largest absolute Gasteiger partial charge is 0.452 e. The summed E-state index contributed by atoms with van der Waals surface area (Å²) in [7, 11) is 0. The molecule has 1 aromatic carbocycles. The maximum Gasteiger partial charge on any atom is 0.340 e. The zero-order valence-corrected chi connectivity index (χ0v) is 14.7. The molecule has 0 saturated carbocycles. The Balaban J connectivity index is 2.56. The molecule has 0 saturated heterocycles. The summed E-state index contributed by atoms with van der Waals surface area (Å²) in [5, 5.41) is 5.28. The molecular weight excluding hydrogens is 340 g/mol. The lowest BCUT2D eigenvalue weighted by atomic mass is 10.2. The molecule has 1 rings (SSSR count). The minimum Gasteiger partial charge on any atom is -0.452 e. The fourth-order valence-electron chi connectivity index (χ4n) is 1.67. The van der Waals surface area contributed by atoms with E-state index >= 15 is 0 Å². The van der Waals surface area contributed by atoms with E-state index in [0.29, 0.717) is 6.54 Å². The van der Waals surface area contributed by atoms with Gasteiger partial charge in [-0.25, -0.2) is 4.79 Å². The first-order valence-electron chi connectivity index (χ1n) is 6.96. The number of carbonyl (C=O) groups is 3. The Kier molecular flexibility index (Phi) is 7.91. The molecule has 0 aliphatic rings. The molecule has 0 aliphatic carbocycles. The van der Waals surface area contributed by atoms with Crippen LogP contribution in [0.2, 0.25) is 5.02 Å². The molecule has 2 amide bonds. The Morgan fingerprint density at radius 3 is 2.65 bits per heavy atom. The van der Waals surface area contributed by atoms with E-state index in [2.05, 4.69) is 10.6 Å². The topological polar surface area (TPSA) is 84.5 Å². The van der Waals surface area contributed by atoms with Gasteiger partial charge in [-0.2, -0.15) is 0 Å². The van der Waals surface area contributed by atoms with E-state index in [1.54, 1.807) is 32.0 Å². The van der Waals surface area contributed by atoms with Crippen molar-refractivity contribution in [1.29, 1.82) is 0 Å². The van der Waals surface area contributed by atoms with Crippen molar-refractivity contribution in [1.82, 2.24) is 10.6 Å². The smallest absolute Gasteiger partial charge is 0.340 e. The van der Waals surface area contributed by atoms with Crippen LogP contribution in [0, 0.1) is 0 Å². The first-order chi connectivity index (χ1) is 10.9. The van der Waals surface area contributed by atoms with Crippen LogP contribution < -0.4 is 10.6 Å². The zero-order chi connectivity index (χ0) is 17.4. The van der Waals surface area contributed by atoms with Crippen LogP contribution in [-0.2, 0) is 14.3 Å². The lowest BCUT2D eigenvalue weighted by Crippen LogP contribution is -2.46. The van der Waals surface area contributed by atoms with Crippen LogP contribution >= 0.6 is 23.4 Å². The Labute approximate surface area is 144 Å². The van der Waals surface area contributed by atoms with Crippen LogP contribution in [0.3, 0.4) is 0 Å². The van der Waals surface area contributed by atoms with E-state index < -0.39 is 24.5 Å². The lowest BCUT2D eigenvalue weighted by Gasteiger charge is -2.13. The van der Waals surface area contributed by atoms with Crippen molar-refractivity contribution in [2.24, 2.45) is 0 Å². The Bertz CT molecular complexity index is 595. The third-order valence-corrected chi connectivity index (χ3v) is 3.90. The molecule has 1 aromatic rings. The summed E-state index contributed by atoms with van der Waals surface area (Å²) < 4.78 is 4.93. The van der Waals surface area contributed by atoms with Gasteiger partial charge < -0.3 is 15.4 Å². The molecule has 0 aromatic heterocycles. The highest BCUT2D eigenvalue weighted by atomic mass is 35.5. The van der Waals surface area contributed by atoms with Gasteiger partial charge in [0, 0.05) is 11.4 Å². The van der Waals surface area contributed by atoms with E-state index in [9.17, 15) is 14.4 Å². The van der Waals surface area contributed by atoms with Crippen molar-refractivity contribution in [2.45, 2.75) is 24.8 Å². The van der Waals surface area contributed by atoms with Gasteiger partial charge in [0.1, 0.15) is 6.04 Å². The SMILES string of the molecule is CCNC(=O)[C@@H](C)NC(=O)COC(=O)c1cc(SC)ccc1Cl. The Morgan fingerprint density at radius 2 is 2.04 bits per heavy atom. The van der Waals surface area contributed by atoms with Crippen LogP contribution in [0.5, 0.6) is 0 Å². The summed E-state index contributed by atoms with van der Waals surface area (Å²) >= 11 is 7.42. The van der Waals surface area contributed by atoms with E-state index in [1.165, 1.54) is 11.8 Å². The number of nitrogens with one attached hydrogen (secondary N) is 2. The molecule has 126 valence electrons. The molecule has 0 bridgehead atoms. The van der Waals surface area contributed by atoms with Gasteiger partial charge in [0.25, 0.3) is 5.91 Å². The number of esters is 1. The summed E-state index contributed by atoms with van der Waals surface area (Å²) in [5.74, 6) is -1.55. The molecule has 0 radical (unpaired) electrons. The standard InChI is InChI=1S/C15H19ClN2O4S/c1-4-17-14(20)9(2)18-13(19)8-22-15(21)11-7-10(23-3)5-6-12(11)16/h5-7,9H,4,8H2,1-3H3,(H,17,20)(H,18,19)/t9-/m1/s1. The second-order valence-corrected chi connectivity index (χ2v) is 5.89. The number of benzene rings is 1. The van der Waals surface area contributed by atoms with Crippen molar-refractivity contribution in [2.75, 3.05) is 19.4 Å². The minimum absolute atomic E-state index is 0.197. The van der Waals surface area contributed by atoms with Gasteiger partial charge in [0.05, 0.1) is 10.6 Å². The average molecular weight is 359 g/mol. The number of likely N-dealkylation sites (N-methyl/N-ethyl adjacent to an activating group) is 1. The Morgan fingerprint density at radius 1 is 1.35 bits per heavy atom. The van der Waals surface area contributed by atoms with Gasteiger partial charge in [-0.3, -0.25) is 9.59 Å². The maximum absolute atomic E-state index is 12.0. The molecule has 0 spiro atoms. The molecule has 0 fully saturated rings. The second kappa shape index (κ2) is 9.42. The van der Waals surface area contributed by atoms with Gasteiger partial charge in [-0.05, 0) is 38.3 Å². The highest BCUT2D eigenvalue weighted by Gasteiger charge is 2.17. The molecule has 2 N–H and O–H groups in total. The normalized spacial score (nSPS) is 11.5. The van der Waals surface area contributed by atoms with Gasteiger partial charge in [-0.1, -0.05) is 11.6 Å². The van der Waals surface area contributed by atoms with Crippen molar-refractivity contribution in [3.05, 3.63) is 28.8 Å². The van der Waals surface area contributed by atoms with E-state index in [4.69, 9.17) is 16.3 Å². The van der Waals surface area contributed by atoms with Crippen LogP contribution in [0.1, 0.15) is 24.2 Å². The third-order valence-electron chi connectivity index (χ3n) is 2.85. The van der Waals surface area contributed by atoms with Crippen LogP contribution in [0.4, 0.5) is 0 Å². The lowest BCUT2D eigenvalue weighted by molar-refractivity contribution is -0.130. The van der Waals surface area contributed by atoms with E-state index in [1.807, 2.05) is 6.26 Å². The Hall–Kier alpha value is -1.73. The summed E-state index contributed by atoms with van der Waals surface area (Å²) in [6.07, 6.45) is 1.87. The van der Waals surface area contributed by atoms with E-state index in [0.717, 1.165) is 4.90 Å². The quantitative estimate of drug-likeness (QED) is 0.574. The predicted octanol–water partition coefficient (Wildman–Crippen LogP) is 1.86. The molecule has 23 heavy (non-hydrogen) atoms. The number of carbonyl (C=O) groups excluding carboxylic acids is 3. The molecule has 1 atom stereocenters. The van der Waals surface area contributed by atoms with Gasteiger partial charge >= 0.3 is 5.97 Å². The highest BCUT2D eigenvalue weighted by Crippen LogP contribution is 2.23. The van der Waals surface area contributed by atoms with Crippen molar-refractivity contribution < 1.29 is 19.1 Å². The van der Waals surface area contributed by atoms with Crippen molar-refractivity contribution in [3.63, 3.8) is 0 Å². The number of rotatable bonds is 7. The number of halogens is 1. The fourth-order valence-corrected chi connectivity index (χ4v) is 2.31. The third kappa shape index (κ3) is 6.11. The number of hydrogen-bond donors (Lipinski definition) is 2. The molecule has 8 heteroatoms. The van der Waals surface area contributed by atoms with Gasteiger partial charge in [-0.15, -0.1) is 11.8 Å². The van der Waals surface area contributed by atoms with Gasteiger partial charge in [0.2, 0.25) is 5.91 Å². The van der Waals surface area contributed by atoms with Crippen molar-refractivity contribution >= 4 is 41.1 Å². The molecule has 0 aliphatic heterocycles. The van der Waals surface area contributed by atoms with Crippen LogP contribution in [0.15, 0.2) is 23.1 Å². The molecule has 0 unspecified atom stereocenters. The average Bonchev–Trinajstić information content (AvgIpc) is 2.53. The zero-order valence-electron chi connectivity index (χ0n) is 13.1. The monoisotopic (exact) mass is 358 g/mol. The highest BCUT2D eigenvalue weighted by molar-refractivity contribution is 7.98. The first-order valence-corrected chi connectivity index (χ1v) is 8.57. The predicted molar refractivity (Wildman–Crippen MR) is 89.8 cm³/mol. The molecule has 6 nitrogen and oxygen atoms in total. The first kappa shape index (κ1) is 19.3. The second-order valence-electron chi connectivity index (χ2n) is 4.61. The minimum atomic E-state index is -0.704. The van der Waals surface area contributed by atoms with Gasteiger partial charge in [0.15, 0.2) is 6.61 Å². The summed E-state index contributed by atoms with van der Waals surface area (Å²) in [4.78, 5) is 36.0. The van der Waals surface area contributed by atoms with Crippen molar-refractivity contribution in [3.8, 4) is 0 Å². The number of hydrogen-bond acceptors (Lipinski definition) is 5. The molecule has 0 heterocycles. The van der Waals surface area contributed by atoms with E-state index in [-0.39, 0.29) is 16.5 Å². The summed E-state index contributed by atoms with van der Waals surface area (Å²) in [5.41, 5.74) is 0.197. The number of thioether (sulfide) groups is 1. The molecular formula is C15H19ClN2O4S. The van der Waals surface area contributed by atoms with Crippen LogP contribution in [0.25, 0.3) is 0 Å². The van der Waals surface area contributed by atoms with Crippen LogP contribution in [-0.4, -0.2) is 43.2 Å². The maximum atomic E-state index is 12.0. The summed E-state index contributed by atoms with van der Waals surface area (Å²) in [6, 6.07) is 4.28. The number of ether oxygens (including phenoxy) is 1.